The van der Waals surface area contributed by atoms with Crippen molar-refractivity contribution in [2.24, 2.45) is 5.73 Å². The van der Waals surface area contributed by atoms with Gasteiger partial charge in [0.25, 0.3) is 0 Å². The van der Waals surface area contributed by atoms with E-state index in [1.165, 1.54) is 0 Å². The van der Waals surface area contributed by atoms with Crippen LogP contribution in [0.2, 0.25) is 0 Å². The van der Waals surface area contributed by atoms with Gasteiger partial charge in [-0.2, -0.15) is 0 Å². The molecule has 0 radical (unpaired) electrons. The van der Waals surface area contributed by atoms with Gasteiger partial charge in [0, 0.05) is 18.5 Å². The van der Waals surface area contributed by atoms with E-state index >= 15 is 0 Å². The monoisotopic (exact) mass is 248 g/mol. The first-order valence-electron chi connectivity index (χ1n) is 6.43. The molecule has 0 heterocycles. The van der Waals surface area contributed by atoms with Crippen LogP contribution < -0.4 is 11.1 Å². The van der Waals surface area contributed by atoms with Crippen LogP contribution >= 0.6 is 0 Å². The van der Waals surface area contributed by atoms with E-state index in [0.717, 1.165) is 5.56 Å². The van der Waals surface area contributed by atoms with E-state index in [-0.39, 0.29) is 24.1 Å². The minimum absolute atomic E-state index is 0.0262. The molecule has 1 aliphatic carbocycles. The fourth-order valence-corrected chi connectivity index (χ4v) is 2.16. The molecule has 98 valence electrons. The molecule has 4 nitrogen and oxygen atoms in total. The summed E-state index contributed by atoms with van der Waals surface area (Å²) in [6.45, 7) is 0. The second kappa shape index (κ2) is 5.98. The van der Waals surface area contributed by atoms with Gasteiger partial charge in [0.05, 0.1) is 6.10 Å². The summed E-state index contributed by atoms with van der Waals surface area (Å²) >= 11 is 0. The molecule has 1 fully saturated rings. The zero-order valence-corrected chi connectivity index (χ0v) is 10.4. The first-order chi connectivity index (χ1) is 8.65. The van der Waals surface area contributed by atoms with Crippen LogP contribution in [-0.4, -0.2) is 23.2 Å². The molecule has 4 N–H and O–H groups in total. The van der Waals surface area contributed by atoms with Crippen molar-refractivity contribution < 1.29 is 9.90 Å². The molecular weight excluding hydrogens is 228 g/mol. The van der Waals surface area contributed by atoms with Crippen molar-refractivity contribution >= 4 is 5.91 Å². The maximum absolute atomic E-state index is 11.6. The Hall–Kier alpha value is -1.39. The van der Waals surface area contributed by atoms with Gasteiger partial charge in [-0.3, -0.25) is 4.79 Å². The minimum atomic E-state index is -0.234. The summed E-state index contributed by atoms with van der Waals surface area (Å²) in [6, 6.07) is 9.86. The number of nitrogens with one attached hydrogen (secondary N) is 1. The first-order valence-corrected chi connectivity index (χ1v) is 6.43. The fourth-order valence-electron chi connectivity index (χ4n) is 2.16. The van der Waals surface area contributed by atoms with Crippen molar-refractivity contribution in [2.75, 3.05) is 0 Å². The normalized spacial score (nSPS) is 24.1. The number of carbonyl (C=O) groups is 1. The Labute approximate surface area is 107 Å². The van der Waals surface area contributed by atoms with Gasteiger partial charge >= 0.3 is 0 Å². The number of carbonyl (C=O) groups excluding carboxylic acids is 1. The molecule has 1 atom stereocenters. The zero-order valence-electron chi connectivity index (χ0n) is 10.4. The highest BCUT2D eigenvalue weighted by atomic mass is 16.3. The van der Waals surface area contributed by atoms with E-state index in [1.54, 1.807) is 0 Å². The molecule has 1 aromatic carbocycles. The molecule has 0 saturated heterocycles. The Bertz CT molecular complexity index is 388. The smallest absolute Gasteiger partial charge is 0.220 e. The molecule has 1 aliphatic rings. The zero-order chi connectivity index (χ0) is 13.0. The van der Waals surface area contributed by atoms with E-state index in [9.17, 15) is 4.79 Å². The molecule has 1 aromatic rings. The van der Waals surface area contributed by atoms with Crippen LogP contribution in [0.1, 0.15) is 37.3 Å². The summed E-state index contributed by atoms with van der Waals surface area (Å²) in [7, 11) is 0. The molecule has 1 saturated carbocycles. The molecule has 0 spiro atoms. The largest absolute Gasteiger partial charge is 0.393 e. The van der Waals surface area contributed by atoms with Gasteiger partial charge in [-0.05, 0) is 24.8 Å². The fraction of sp³-hybridized carbons (Fsp3) is 0.500. The summed E-state index contributed by atoms with van der Waals surface area (Å²) in [5.41, 5.74) is 7.08. The number of amides is 1. The van der Waals surface area contributed by atoms with Crippen LogP contribution in [0.3, 0.4) is 0 Å². The van der Waals surface area contributed by atoms with Crippen molar-refractivity contribution in [3.8, 4) is 0 Å². The van der Waals surface area contributed by atoms with Crippen molar-refractivity contribution in [3.05, 3.63) is 35.9 Å². The van der Waals surface area contributed by atoms with E-state index in [2.05, 4.69) is 5.32 Å². The van der Waals surface area contributed by atoms with E-state index in [1.807, 2.05) is 30.3 Å². The second-order valence-corrected chi connectivity index (χ2v) is 4.95. The maximum Gasteiger partial charge on any atom is 0.220 e. The van der Waals surface area contributed by atoms with Gasteiger partial charge in [-0.1, -0.05) is 30.3 Å². The molecule has 1 unspecified atom stereocenters. The Kier molecular flexibility index (Phi) is 4.33. The molecule has 1 amide bonds. The molecule has 0 aliphatic heterocycles. The standard InChI is InChI=1S/C14H20N2O2/c15-13(10-4-2-1-3-5-10)6-7-14(18)16-11-8-12(17)9-11/h1-5,11-13,17H,6-9,15H2,(H,16,18). The van der Waals surface area contributed by atoms with E-state index in [4.69, 9.17) is 10.8 Å². The average molecular weight is 248 g/mol. The number of nitrogens with two attached hydrogens (primary N) is 1. The van der Waals surface area contributed by atoms with Crippen LogP contribution in [0.15, 0.2) is 30.3 Å². The molecule has 18 heavy (non-hydrogen) atoms. The Balaban J connectivity index is 1.69. The average Bonchev–Trinajstić information content (AvgIpc) is 2.35. The van der Waals surface area contributed by atoms with Crippen LogP contribution in [0.4, 0.5) is 0 Å². The summed E-state index contributed by atoms with van der Waals surface area (Å²) in [6.07, 6.45) is 2.20. The Morgan fingerprint density at radius 2 is 2.06 bits per heavy atom. The van der Waals surface area contributed by atoms with E-state index in [0.29, 0.717) is 25.7 Å². The predicted octanol–water partition coefficient (Wildman–Crippen LogP) is 1.11. The number of hydrogen-bond donors (Lipinski definition) is 3. The van der Waals surface area contributed by atoms with Crippen LogP contribution in [0.5, 0.6) is 0 Å². The van der Waals surface area contributed by atoms with Gasteiger partial charge in [0.1, 0.15) is 0 Å². The minimum Gasteiger partial charge on any atom is -0.393 e. The Morgan fingerprint density at radius 1 is 1.39 bits per heavy atom. The first kappa shape index (κ1) is 13.1. The molecular formula is C14H20N2O2. The maximum atomic E-state index is 11.6. The third-order valence-corrected chi connectivity index (χ3v) is 3.39. The highest BCUT2D eigenvalue weighted by Gasteiger charge is 2.28. The van der Waals surface area contributed by atoms with Crippen LogP contribution in [0, 0.1) is 0 Å². The number of benzene rings is 1. The third kappa shape index (κ3) is 3.55. The van der Waals surface area contributed by atoms with Gasteiger partial charge in [0.2, 0.25) is 5.91 Å². The molecule has 2 rings (SSSR count). The second-order valence-electron chi connectivity index (χ2n) is 4.95. The topological polar surface area (TPSA) is 75.4 Å². The van der Waals surface area contributed by atoms with Crippen molar-refractivity contribution in [1.82, 2.24) is 5.32 Å². The number of hydrogen-bond acceptors (Lipinski definition) is 3. The highest BCUT2D eigenvalue weighted by molar-refractivity contribution is 5.76. The SMILES string of the molecule is NC(CCC(=O)NC1CC(O)C1)c1ccccc1. The predicted molar refractivity (Wildman–Crippen MR) is 69.8 cm³/mol. The van der Waals surface area contributed by atoms with Crippen LogP contribution in [0.25, 0.3) is 0 Å². The van der Waals surface area contributed by atoms with Gasteiger partial charge in [-0.25, -0.2) is 0 Å². The third-order valence-electron chi connectivity index (χ3n) is 3.39. The Morgan fingerprint density at radius 3 is 2.67 bits per heavy atom. The van der Waals surface area contributed by atoms with Crippen LogP contribution in [-0.2, 0) is 4.79 Å². The lowest BCUT2D eigenvalue weighted by Gasteiger charge is -2.32. The van der Waals surface area contributed by atoms with Crippen molar-refractivity contribution in [2.45, 2.75) is 43.9 Å². The highest BCUT2D eigenvalue weighted by Crippen LogP contribution is 2.20. The number of rotatable bonds is 5. The quantitative estimate of drug-likeness (QED) is 0.730. The lowest BCUT2D eigenvalue weighted by atomic mass is 9.89. The van der Waals surface area contributed by atoms with Gasteiger partial charge in [0.15, 0.2) is 0 Å². The summed E-state index contributed by atoms with van der Waals surface area (Å²) in [4.78, 5) is 11.6. The molecule has 0 aromatic heterocycles. The molecule has 0 bridgehead atoms. The lowest BCUT2D eigenvalue weighted by Crippen LogP contribution is -2.46. The van der Waals surface area contributed by atoms with Gasteiger partial charge < -0.3 is 16.2 Å². The van der Waals surface area contributed by atoms with Crippen molar-refractivity contribution in [3.63, 3.8) is 0 Å². The van der Waals surface area contributed by atoms with Crippen molar-refractivity contribution in [1.29, 1.82) is 0 Å². The number of aliphatic hydroxyl groups is 1. The summed E-state index contributed by atoms with van der Waals surface area (Å²) in [5.74, 6) is 0.0262. The van der Waals surface area contributed by atoms with E-state index < -0.39 is 0 Å². The summed E-state index contributed by atoms with van der Waals surface area (Å²) in [5, 5.41) is 12.0. The van der Waals surface area contributed by atoms with Gasteiger partial charge in [-0.15, -0.1) is 0 Å². The number of aliphatic hydroxyl groups excluding tert-OH is 1. The molecule has 4 heteroatoms. The lowest BCUT2D eigenvalue weighted by molar-refractivity contribution is -0.123. The summed E-state index contributed by atoms with van der Waals surface area (Å²) < 4.78 is 0.